The Morgan fingerprint density at radius 1 is 0.773 bits per heavy atom. The molecule has 9 nitrogen and oxygen atoms in total. The fraction of sp³-hybridized carbons (Fsp3) is 0.371. The van der Waals surface area contributed by atoms with Gasteiger partial charge in [-0.3, -0.25) is 4.79 Å². The number of nitrogens with one attached hydrogen (secondary N) is 1. The summed E-state index contributed by atoms with van der Waals surface area (Å²) in [6.07, 6.45) is -3.85. The number of hydrogen-bond acceptors (Lipinski definition) is 8. The third kappa shape index (κ3) is 10.5. The van der Waals surface area contributed by atoms with Gasteiger partial charge in [-0.15, -0.1) is 0 Å². The SMILES string of the molecule is C=C1O[C@H](COCc2ccccc2)C(OCc2ccccc2)[C@H](OCc2ccccc2)[C@H]1OC(=O)CNC(=O)OC(C)(C)C. The van der Waals surface area contributed by atoms with Crippen LogP contribution in [0.2, 0.25) is 0 Å². The second-order valence-electron chi connectivity index (χ2n) is 11.4. The normalized spacial score (nSPS) is 19.9. The van der Waals surface area contributed by atoms with Crippen LogP contribution in [-0.2, 0) is 53.0 Å². The van der Waals surface area contributed by atoms with Crippen molar-refractivity contribution in [3.63, 3.8) is 0 Å². The lowest BCUT2D eigenvalue weighted by Crippen LogP contribution is -2.57. The molecule has 0 aromatic heterocycles. The van der Waals surface area contributed by atoms with Crippen LogP contribution in [0, 0.1) is 0 Å². The minimum Gasteiger partial charge on any atom is -0.486 e. The molecule has 4 rings (SSSR count). The van der Waals surface area contributed by atoms with Crippen molar-refractivity contribution >= 4 is 12.1 Å². The molecule has 4 atom stereocenters. The Bertz CT molecular complexity index is 1330. The van der Waals surface area contributed by atoms with Crippen molar-refractivity contribution in [1.29, 1.82) is 0 Å². The Labute approximate surface area is 259 Å². The second kappa shape index (κ2) is 16.0. The van der Waals surface area contributed by atoms with Gasteiger partial charge in [0.05, 0.1) is 26.4 Å². The highest BCUT2D eigenvalue weighted by molar-refractivity contribution is 5.78. The first-order valence-electron chi connectivity index (χ1n) is 14.6. The van der Waals surface area contributed by atoms with Gasteiger partial charge in [-0.25, -0.2) is 4.79 Å². The minimum absolute atomic E-state index is 0.180. The first-order chi connectivity index (χ1) is 21.2. The van der Waals surface area contributed by atoms with Crippen LogP contribution in [0.25, 0.3) is 0 Å². The van der Waals surface area contributed by atoms with Crippen LogP contribution in [0.15, 0.2) is 103 Å². The molecule has 1 aliphatic heterocycles. The zero-order valence-electron chi connectivity index (χ0n) is 25.5. The Morgan fingerprint density at radius 2 is 1.27 bits per heavy atom. The molecule has 1 saturated heterocycles. The van der Waals surface area contributed by atoms with Crippen LogP contribution in [0.4, 0.5) is 4.79 Å². The van der Waals surface area contributed by atoms with Gasteiger partial charge in [-0.1, -0.05) is 97.6 Å². The molecule has 0 radical (unpaired) electrons. The van der Waals surface area contributed by atoms with Gasteiger partial charge < -0.3 is 33.7 Å². The van der Waals surface area contributed by atoms with E-state index in [1.165, 1.54) is 0 Å². The van der Waals surface area contributed by atoms with E-state index in [0.29, 0.717) is 6.61 Å². The summed E-state index contributed by atoms with van der Waals surface area (Å²) in [4.78, 5) is 25.1. The summed E-state index contributed by atoms with van der Waals surface area (Å²) in [7, 11) is 0. The van der Waals surface area contributed by atoms with E-state index in [1.54, 1.807) is 20.8 Å². The van der Waals surface area contributed by atoms with Crippen molar-refractivity contribution in [2.75, 3.05) is 13.2 Å². The van der Waals surface area contributed by atoms with Gasteiger partial charge in [0.15, 0.2) is 12.2 Å². The first kappa shape index (κ1) is 32.7. The van der Waals surface area contributed by atoms with Gasteiger partial charge in [0.1, 0.15) is 30.1 Å². The van der Waals surface area contributed by atoms with Crippen LogP contribution < -0.4 is 5.32 Å². The predicted octanol–water partition coefficient (Wildman–Crippen LogP) is 5.72. The number of amides is 1. The summed E-state index contributed by atoms with van der Waals surface area (Å²) >= 11 is 0. The summed E-state index contributed by atoms with van der Waals surface area (Å²) in [5.74, 6) is -0.513. The molecular formula is C35H41NO8. The van der Waals surface area contributed by atoms with Gasteiger partial charge in [0.2, 0.25) is 0 Å². The maximum absolute atomic E-state index is 12.9. The molecule has 3 aromatic rings. The van der Waals surface area contributed by atoms with E-state index in [1.807, 2.05) is 91.0 Å². The number of carbonyl (C=O) groups is 2. The third-order valence-corrected chi connectivity index (χ3v) is 6.61. The van der Waals surface area contributed by atoms with Gasteiger partial charge in [-0.05, 0) is 37.5 Å². The molecule has 0 spiro atoms. The quantitative estimate of drug-likeness (QED) is 0.248. The topological polar surface area (TPSA) is 102 Å². The van der Waals surface area contributed by atoms with E-state index in [4.69, 9.17) is 28.4 Å². The van der Waals surface area contributed by atoms with Crippen LogP contribution >= 0.6 is 0 Å². The summed E-state index contributed by atoms with van der Waals surface area (Å²) in [5, 5.41) is 2.43. The molecule has 1 aliphatic rings. The Hall–Kier alpha value is -4.18. The summed E-state index contributed by atoms with van der Waals surface area (Å²) in [6.45, 7) is 9.91. The van der Waals surface area contributed by atoms with Crippen molar-refractivity contribution in [2.45, 2.75) is 70.6 Å². The van der Waals surface area contributed by atoms with E-state index in [0.717, 1.165) is 16.7 Å². The smallest absolute Gasteiger partial charge is 0.408 e. The Balaban J connectivity index is 1.52. The molecule has 234 valence electrons. The first-order valence-corrected chi connectivity index (χ1v) is 14.6. The number of ether oxygens (including phenoxy) is 6. The number of hydrogen-bond donors (Lipinski definition) is 1. The second-order valence-corrected chi connectivity index (χ2v) is 11.4. The maximum atomic E-state index is 12.9. The predicted molar refractivity (Wildman–Crippen MR) is 164 cm³/mol. The Morgan fingerprint density at radius 3 is 1.80 bits per heavy atom. The molecule has 0 saturated carbocycles. The number of carbonyl (C=O) groups excluding carboxylic acids is 2. The number of benzene rings is 3. The van der Waals surface area contributed by atoms with Gasteiger partial charge >= 0.3 is 12.1 Å². The minimum atomic E-state index is -1.02. The van der Waals surface area contributed by atoms with E-state index in [2.05, 4.69) is 11.9 Å². The monoisotopic (exact) mass is 603 g/mol. The van der Waals surface area contributed by atoms with Crippen molar-refractivity contribution in [2.24, 2.45) is 0 Å². The third-order valence-electron chi connectivity index (χ3n) is 6.61. The van der Waals surface area contributed by atoms with Crippen molar-refractivity contribution in [3.05, 3.63) is 120 Å². The van der Waals surface area contributed by atoms with Crippen LogP contribution in [0.3, 0.4) is 0 Å². The molecular weight excluding hydrogens is 562 g/mol. The largest absolute Gasteiger partial charge is 0.486 e. The molecule has 0 aliphatic carbocycles. The molecule has 44 heavy (non-hydrogen) atoms. The lowest BCUT2D eigenvalue weighted by Gasteiger charge is -2.42. The Kier molecular flexibility index (Phi) is 11.9. The number of rotatable bonds is 13. The van der Waals surface area contributed by atoms with E-state index in [-0.39, 0.29) is 25.6 Å². The van der Waals surface area contributed by atoms with E-state index >= 15 is 0 Å². The molecule has 1 heterocycles. The average molecular weight is 604 g/mol. The molecule has 1 unspecified atom stereocenters. The van der Waals surface area contributed by atoms with Gasteiger partial charge in [0.25, 0.3) is 0 Å². The lowest BCUT2D eigenvalue weighted by atomic mass is 9.97. The summed E-state index contributed by atoms with van der Waals surface area (Å²) in [5.41, 5.74) is 2.19. The zero-order chi connectivity index (χ0) is 31.4. The molecule has 1 amide bonds. The fourth-order valence-electron chi connectivity index (χ4n) is 4.58. The van der Waals surface area contributed by atoms with Gasteiger partial charge in [0, 0.05) is 0 Å². The van der Waals surface area contributed by atoms with Gasteiger partial charge in [-0.2, -0.15) is 0 Å². The van der Waals surface area contributed by atoms with Crippen LogP contribution in [0.1, 0.15) is 37.5 Å². The van der Waals surface area contributed by atoms with Crippen LogP contribution in [0.5, 0.6) is 0 Å². The number of alkyl carbamates (subject to hydrolysis) is 1. The van der Waals surface area contributed by atoms with E-state index < -0.39 is 48.6 Å². The average Bonchev–Trinajstić information content (AvgIpc) is 3.00. The molecule has 9 heteroatoms. The highest BCUT2D eigenvalue weighted by Crippen LogP contribution is 2.31. The number of esters is 1. The molecule has 0 bridgehead atoms. The fourth-order valence-corrected chi connectivity index (χ4v) is 4.58. The van der Waals surface area contributed by atoms with E-state index in [9.17, 15) is 9.59 Å². The highest BCUT2D eigenvalue weighted by Gasteiger charge is 2.47. The molecule has 1 N–H and O–H groups in total. The lowest BCUT2D eigenvalue weighted by molar-refractivity contribution is -0.220. The standard InChI is InChI=1S/C35H41NO8/c1-25-31(43-30(37)20-36-34(38)44-35(2,3)4)33(41-23-28-18-12-7-13-19-28)32(40-22-27-16-10-6-11-17-27)29(42-25)24-39-21-26-14-8-5-9-15-26/h5-19,29,31-33H,1,20-24H2,2-4H3,(H,36,38)/t29-,31+,32?,33-/m1/s1. The summed E-state index contributed by atoms with van der Waals surface area (Å²) < 4.78 is 36.2. The summed E-state index contributed by atoms with van der Waals surface area (Å²) in [6, 6.07) is 29.2. The zero-order valence-corrected chi connectivity index (χ0v) is 25.5. The molecule has 1 fully saturated rings. The highest BCUT2D eigenvalue weighted by atomic mass is 16.6. The van der Waals surface area contributed by atoms with Crippen molar-refractivity contribution < 1.29 is 38.0 Å². The van der Waals surface area contributed by atoms with Crippen LogP contribution in [-0.4, -0.2) is 55.2 Å². The van der Waals surface area contributed by atoms with Crippen molar-refractivity contribution in [3.8, 4) is 0 Å². The maximum Gasteiger partial charge on any atom is 0.408 e. The molecule has 3 aromatic carbocycles. The van der Waals surface area contributed by atoms with Crippen molar-refractivity contribution in [1.82, 2.24) is 5.32 Å².